The maximum absolute atomic E-state index is 10.3. The molecule has 0 unspecified atom stereocenters. The van der Waals surface area contributed by atoms with Crippen molar-refractivity contribution in [3.05, 3.63) is 27.9 Å². The highest BCUT2D eigenvalue weighted by atomic mass is 16.6. The first-order chi connectivity index (χ1) is 5.16. The number of hydrogen-bond acceptors (Lipinski definition) is 2. The second-order valence-corrected chi connectivity index (χ2v) is 2.35. The van der Waals surface area contributed by atoms with Gasteiger partial charge in [0.1, 0.15) is 5.69 Å². The number of hydrogen-bond donors (Lipinski definition) is 0. The van der Waals surface area contributed by atoms with Crippen LogP contribution in [0.1, 0.15) is 12.6 Å². The van der Waals surface area contributed by atoms with Crippen LogP contribution >= 0.6 is 0 Å². The lowest BCUT2D eigenvalue weighted by Gasteiger charge is -1.96. The predicted molar refractivity (Wildman–Crippen MR) is 41.4 cm³/mol. The highest BCUT2D eigenvalue weighted by Crippen LogP contribution is 2.14. The molecule has 0 aromatic carbocycles. The van der Waals surface area contributed by atoms with Gasteiger partial charge in [0.15, 0.2) is 0 Å². The van der Waals surface area contributed by atoms with E-state index in [1.165, 1.54) is 6.07 Å². The summed E-state index contributed by atoms with van der Waals surface area (Å²) in [4.78, 5) is 9.96. The van der Waals surface area contributed by atoms with E-state index in [1.807, 2.05) is 6.92 Å². The van der Waals surface area contributed by atoms with Crippen molar-refractivity contribution in [1.82, 2.24) is 4.57 Å². The molecule has 0 spiro atoms. The van der Waals surface area contributed by atoms with Gasteiger partial charge in [-0.2, -0.15) is 0 Å². The van der Waals surface area contributed by atoms with Crippen molar-refractivity contribution in [2.45, 2.75) is 13.3 Å². The molecule has 4 nitrogen and oxygen atoms in total. The van der Waals surface area contributed by atoms with Crippen LogP contribution in [0.5, 0.6) is 0 Å². The summed E-state index contributed by atoms with van der Waals surface area (Å²) in [5, 5.41) is 10.3. The van der Waals surface area contributed by atoms with Crippen LogP contribution in [0.15, 0.2) is 12.1 Å². The minimum Gasteiger partial charge on any atom is -0.358 e. The van der Waals surface area contributed by atoms with E-state index in [1.54, 1.807) is 17.7 Å². The fourth-order valence-electron chi connectivity index (χ4n) is 1.08. The van der Waals surface area contributed by atoms with Crippen molar-refractivity contribution in [1.29, 1.82) is 0 Å². The summed E-state index contributed by atoms with van der Waals surface area (Å²) in [6, 6.07) is 3.30. The molecule has 0 N–H and O–H groups in total. The predicted octanol–water partition coefficient (Wildman–Crippen LogP) is 1.50. The fraction of sp³-hybridized carbons (Fsp3) is 0.429. The van der Waals surface area contributed by atoms with E-state index in [0.717, 1.165) is 12.1 Å². The van der Waals surface area contributed by atoms with E-state index in [-0.39, 0.29) is 10.7 Å². The van der Waals surface area contributed by atoms with Gasteiger partial charge in [0, 0.05) is 12.5 Å². The molecular weight excluding hydrogens is 144 g/mol. The van der Waals surface area contributed by atoms with Crippen molar-refractivity contribution in [3.8, 4) is 0 Å². The Morgan fingerprint density at radius 3 is 2.55 bits per heavy atom. The van der Waals surface area contributed by atoms with E-state index in [0.29, 0.717) is 0 Å². The molecule has 0 bridgehead atoms. The van der Waals surface area contributed by atoms with Crippen molar-refractivity contribution < 1.29 is 4.92 Å². The number of nitrogens with zero attached hydrogens (tertiary/aromatic N) is 2. The quantitative estimate of drug-likeness (QED) is 0.478. The fourth-order valence-corrected chi connectivity index (χ4v) is 1.08. The molecular formula is C7H10N2O2. The van der Waals surface area contributed by atoms with Gasteiger partial charge >= 0.3 is 5.82 Å². The molecule has 0 amide bonds. The summed E-state index contributed by atoms with van der Waals surface area (Å²) in [6.07, 6.45) is 0.824. The molecule has 4 heteroatoms. The molecule has 11 heavy (non-hydrogen) atoms. The van der Waals surface area contributed by atoms with Crippen LogP contribution in [0.4, 0.5) is 5.82 Å². The average Bonchev–Trinajstić information content (AvgIpc) is 2.30. The monoisotopic (exact) mass is 154 g/mol. The summed E-state index contributed by atoms with van der Waals surface area (Å²) in [5.74, 6) is 0.154. The molecule has 1 aromatic heterocycles. The number of rotatable bonds is 2. The molecule has 1 heterocycles. The lowest BCUT2D eigenvalue weighted by atomic mass is 10.3. The van der Waals surface area contributed by atoms with E-state index < -0.39 is 0 Å². The van der Waals surface area contributed by atoms with Crippen molar-refractivity contribution >= 4 is 5.82 Å². The maximum atomic E-state index is 10.3. The first-order valence-electron chi connectivity index (χ1n) is 3.45. The molecule has 0 fully saturated rings. The minimum atomic E-state index is -0.376. The third kappa shape index (κ3) is 1.24. The second kappa shape index (κ2) is 2.74. The van der Waals surface area contributed by atoms with Crippen LogP contribution in [0.2, 0.25) is 0 Å². The van der Waals surface area contributed by atoms with Gasteiger partial charge in [0.2, 0.25) is 0 Å². The molecule has 1 rings (SSSR count). The van der Waals surface area contributed by atoms with Gasteiger partial charge in [-0.15, -0.1) is 0 Å². The van der Waals surface area contributed by atoms with Gasteiger partial charge in [0.25, 0.3) is 0 Å². The van der Waals surface area contributed by atoms with Gasteiger partial charge in [-0.3, -0.25) is 0 Å². The Bertz CT molecular complexity index is 278. The first kappa shape index (κ1) is 7.78. The van der Waals surface area contributed by atoms with E-state index in [2.05, 4.69) is 0 Å². The van der Waals surface area contributed by atoms with Crippen molar-refractivity contribution in [3.63, 3.8) is 0 Å². The highest BCUT2D eigenvalue weighted by molar-refractivity contribution is 5.26. The Kier molecular flexibility index (Phi) is 1.94. The van der Waals surface area contributed by atoms with Crippen molar-refractivity contribution in [2.24, 2.45) is 7.05 Å². The largest absolute Gasteiger partial charge is 0.358 e. The highest BCUT2D eigenvalue weighted by Gasteiger charge is 2.11. The summed E-state index contributed by atoms with van der Waals surface area (Å²) >= 11 is 0. The summed E-state index contributed by atoms with van der Waals surface area (Å²) < 4.78 is 1.60. The van der Waals surface area contributed by atoms with Crippen LogP contribution in [0.3, 0.4) is 0 Å². The van der Waals surface area contributed by atoms with Gasteiger partial charge in [-0.25, -0.2) is 4.57 Å². The molecule has 1 aromatic rings. The Morgan fingerprint density at radius 1 is 1.64 bits per heavy atom. The number of aryl methyl sites for hydroxylation is 1. The molecule has 0 aliphatic carbocycles. The zero-order chi connectivity index (χ0) is 8.43. The molecule has 0 radical (unpaired) electrons. The molecule has 0 saturated heterocycles. The van der Waals surface area contributed by atoms with Gasteiger partial charge < -0.3 is 10.1 Å². The van der Waals surface area contributed by atoms with Gasteiger partial charge in [-0.05, 0) is 11.0 Å². The van der Waals surface area contributed by atoms with Crippen LogP contribution in [0, 0.1) is 10.1 Å². The third-order valence-electron chi connectivity index (χ3n) is 1.75. The average molecular weight is 154 g/mol. The summed E-state index contributed by atoms with van der Waals surface area (Å²) in [6.45, 7) is 1.97. The maximum Gasteiger partial charge on any atom is 0.323 e. The molecule has 0 aliphatic rings. The zero-order valence-corrected chi connectivity index (χ0v) is 6.57. The Morgan fingerprint density at radius 2 is 2.27 bits per heavy atom. The Balaban J connectivity index is 3.10. The Hall–Kier alpha value is -1.32. The van der Waals surface area contributed by atoms with E-state index in [4.69, 9.17) is 0 Å². The lowest BCUT2D eigenvalue weighted by molar-refractivity contribution is -0.391. The number of aromatic nitrogens is 1. The second-order valence-electron chi connectivity index (χ2n) is 2.35. The Labute approximate surface area is 64.6 Å². The number of nitro groups is 1. The van der Waals surface area contributed by atoms with Crippen LogP contribution in [-0.2, 0) is 13.5 Å². The van der Waals surface area contributed by atoms with E-state index in [9.17, 15) is 10.1 Å². The smallest absolute Gasteiger partial charge is 0.323 e. The normalized spacial score (nSPS) is 10.0. The third-order valence-corrected chi connectivity index (χ3v) is 1.75. The standard InChI is InChI=1S/C7H10N2O2/c1-3-6-4-5-7(8(6)2)9(10)11/h4-5H,3H2,1-2H3. The lowest BCUT2D eigenvalue weighted by Crippen LogP contribution is -1.99. The molecule has 60 valence electrons. The topological polar surface area (TPSA) is 48.1 Å². The minimum absolute atomic E-state index is 0.154. The van der Waals surface area contributed by atoms with Gasteiger partial charge in [-0.1, -0.05) is 6.92 Å². The molecule has 0 saturated carbocycles. The van der Waals surface area contributed by atoms with Crippen LogP contribution in [-0.4, -0.2) is 9.49 Å². The van der Waals surface area contributed by atoms with Gasteiger partial charge in [0.05, 0.1) is 7.05 Å². The SMILES string of the molecule is CCc1ccc([N+](=O)[O-])n1C. The van der Waals surface area contributed by atoms with Crippen molar-refractivity contribution in [2.75, 3.05) is 0 Å². The molecule has 0 aliphatic heterocycles. The van der Waals surface area contributed by atoms with Crippen LogP contribution < -0.4 is 0 Å². The van der Waals surface area contributed by atoms with Crippen LogP contribution in [0.25, 0.3) is 0 Å². The summed E-state index contributed by atoms with van der Waals surface area (Å²) in [5.41, 5.74) is 0.983. The van der Waals surface area contributed by atoms with E-state index >= 15 is 0 Å². The zero-order valence-electron chi connectivity index (χ0n) is 6.57. The molecule has 0 atom stereocenters. The summed E-state index contributed by atoms with van der Waals surface area (Å²) in [7, 11) is 1.71. The first-order valence-corrected chi connectivity index (χ1v) is 3.45.